The van der Waals surface area contributed by atoms with Crippen LogP contribution in [-0.4, -0.2) is 66.6 Å². The predicted molar refractivity (Wildman–Crippen MR) is 77.5 cm³/mol. The number of para-hydroxylation sites is 1. The molecule has 0 amide bonds. The van der Waals surface area contributed by atoms with Crippen molar-refractivity contribution in [3.8, 4) is 5.75 Å². The van der Waals surface area contributed by atoms with Crippen LogP contribution in [0.15, 0.2) is 24.3 Å². The summed E-state index contributed by atoms with van der Waals surface area (Å²) >= 11 is 0. The van der Waals surface area contributed by atoms with Crippen LogP contribution >= 0.6 is 0 Å². The zero-order valence-electron chi connectivity index (χ0n) is 11.7. The average Bonchev–Trinajstić information content (AvgIpc) is 2.38. The van der Waals surface area contributed by atoms with E-state index < -0.39 is 5.97 Å². The Morgan fingerprint density at radius 2 is 1.74 bits per heavy atom. The number of esters is 1. The topological polar surface area (TPSA) is 46.5 Å². The van der Waals surface area contributed by atoms with Crippen molar-refractivity contribution in [2.75, 3.05) is 6.61 Å². The number of unbranched alkanes of at least 4 members (excludes halogenated alkanes) is 5. The molecule has 1 aromatic carbocycles. The molecule has 1 rings (SSSR count). The molecule has 0 aromatic heterocycles. The average molecular weight is 388 g/mol. The molecule has 1 N–H and O–H groups in total. The SMILES string of the molecule is CCCCCCCCOC(=O)c1ccccc1O.[Ba]. The van der Waals surface area contributed by atoms with Crippen molar-refractivity contribution in [3.63, 3.8) is 0 Å². The number of aromatic hydroxyl groups is 1. The van der Waals surface area contributed by atoms with Gasteiger partial charge in [-0.2, -0.15) is 0 Å². The van der Waals surface area contributed by atoms with Crippen LogP contribution in [0.25, 0.3) is 0 Å². The number of benzene rings is 1. The molecule has 0 atom stereocenters. The van der Waals surface area contributed by atoms with E-state index in [-0.39, 0.29) is 60.2 Å². The summed E-state index contributed by atoms with van der Waals surface area (Å²) in [6.07, 6.45) is 6.95. The molecule has 4 heteroatoms. The summed E-state index contributed by atoms with van der Waals surface area (Å²) in [5.74, 6) is -0.466. The normalized spacial score (nSPS) is 9.74. The molecular formula is C15H22BaO3. The van der Waals surface area contributed by atoms with E-state index in [9.17, 15) is 9.90 Å². The first-order valence-electron chi connectivity index (χ1n) is 6.70. The van der Waals surface area contributed by atoms with Crippen LogP contribution in [0.3, 0.4) is 0 Å². The Bertz CT molecular complexity index is 366. The van der Waals surface area contributed by atoms with E-state index in [0.717, 1.165) is 12.8 Å². The van der Waals surface area contributed by atoms with Gasteiger partial charge in [-0.05, 0) is 18.6 Å². The molecule has 2 radical (unpaired) electrons. The molecule has 0 saturated heterocycles. The molecule has 0 heterocycles. The molecule has 0 unspecified atom stereocenters. The van der Waals surface area contributed by atoms with Gasteiger partial charge >= 0.3 is 5.97 Å². The largest absolute Gasteiger partial charge is 0.507 e. The van der Waals surface area contributed by atoms with Gasteiger partial charge in [-0.15, -0.1) is 0 Å². The third kappa shape index (κ3) is 8.05. The Kier molecular flexibility index (Phi) is 11.9. The molecule has 0 aliphatic carbocycles. The van der Waals surface area contributed by atoms with Crippen molar-refractivity contribution < 1.29 is 14.6 Å². The number of phenolic OH excluding ortho intramolecular Hbond substituents is 1. The summed E-state index contributed by atoms with van der Waals surface area (Å²) < 4.78 is 5.12. The first-order valence-corrected chi connectivity index (χ1v) is 6.70. The van der Waals surface area contributed by atoms with Gasteiger partial charge in [-0.3, -0.25) is 0 Å². The summed E-state index contributed by atoms with van der Waals surface area (Å²) in [5.41, 5.74) is 0.239. The van der Waals surface area contributed by atoms with E-state index in [1.54, 1.807) is 18.2 Å². The molecule has 0 saturated carbocycles. The van der Waals surface area contributed by atoms with Crippen molar-refractivity contribution in [3.05, 3.63) is 29.8 Å². The van der Waals surface area contributed by atoms with Gasteiger partial charge < -0.3 is 9.84 Å². The number of phenols is 1. The second-order valence-electron chi connectivity index (χ2n) is 4.42. The smallest absolute Gasteiger partial charge is 0.341 e. The molecule has 19 heavy (non-hydrogen) atoms. The number of carbonyl (C=O) groups is 1. The van der Waals surface area contributed by atoms with Crippen LogP contribution in [0.4, 0.5) is 0 Å². The van der Waals surface area contributed by atoms with Crippen LogP contribution < -0.4 is 0 Å². The van der Waals surface area contributed by atoms with E-state index in [0.29, 0.717) is 6.61 Å². The maximum atomic E-state index is 11.6. The standard InChI is InChI=1S/C15H22O3.Ba/c1-2-3-4-5-6-9-12-18-15(17)13-10-7-8-11-14(13)16;/h7-8,10-11,16H,2-6,9,12H2,1H3;. The van der Waals surface area contributed by atoms with Gasteiger partial charge in [0.1, 0.15) is 11.3 Å². The molecule has 1 aromatic rings. The third-order valence-electron chi connectivity index (χ3n) is 2.86. The summed E-state index contributed by atoms with van der Waals surface area (Å²) in [6, 6.07) is 6.45. The van der Waals surface area contributed by atoms with E-state index >= 15 is 0 Å². The van der Waals surface area contributed by atoms with Crippen LogP contribution in [0.5, 0.6) is 5.75 Å². The van der Waals surface area contributed by atoms with Crippen molar-refractivity contribution in [1.29, 1.82) is 0 Å². The quantitative estimate of drug-likeness (QED) is 0.422. The zero-order valence-corrected chi connectivity index (χ0v) is 16.2. The van der Waals surface area contributed by atoms with Gasteiger partial charge in [0.25, 0.3) is 0 Å². The Labute approximate surface area is 155 Å². The van der Waals surface area contributed by atoms with Crippen LogP contribution in [0.1, 0.15) is 55.8 Å². The van der Waals surface area contributed by atoms with E-state index in [4.69, 9.17) is 4.74 Å². The molecule has 3 nitrogen and oxygen atoms in total. The summed E-state index contributed by atoms with van der Waals surface area (Å²) in [5, 5.41) is 9.48. The van der Waals surface area contributed by atoms with Crippen molar-refractivity contribution in [2.45, 2.75) is 45.4 Å². The van der Waals surface area contributed by atoms with E-state index in [1.165, 1.54) is 31.7 Å². The fraction of sp³-hybridized carbons (Fsp3) is 0.533. The van der Waals surface area contributed by atoms with Crippen LogP contribution in [0, 0.1) is 0 Å². The van der Waals surface area contributed by atoms with Gasteiger partial charge in [0.2, 0.25) is 0 Å². The Morgan fingerprint density at radius 1 is 1.11 bits per heavy atom. The summed E-state index contributed by atoms with van der Waals surface area (Å²) in [7, 11) is 0. The fourth-order valence-electron chi connectivity index (χ4n) is 1.77. The van der Waals surface area contributed by atoms with Crippen molar-refractivity contribution in [2.24, 2.45) is 0 Å². The zero-order chi connectivity index (χ0) is 13.2. The van der Waals surface area contributed by atoms with Gasteiger partial charge in [-0.25, -0.2) is 4.79 Å². The second kappa shape index (κ2) is 11.9. The second-order valence-corrected chi connectivity index (χ2v) is 4.42. The first-order chi connectivity index (χ1) is 8.75. The Hall–Kier alpha value is 0.0614. The van der Waals surface area contributed by atoms with Gasteiger partial charge in [0.05, 0.1) is 6.61 Å². The van der Waals surface area contributed by atoms with Crippen LogP contribution in [-0.2, 0) is 4.74 Å². The third-order valence-corrected chi connectivity index (χ3v) is 2.86. The number of ether oxygens (including phenoxy) is 1. The van der Waals surface area contributed by atoms with E-state index in [2.05, 4.69) is 6.92 Å². The monoisotopic (exact) mass is 388 g/mol. The molecule has 0 spiro atoms. The number of carbonyl (C=O) groups excluding carboxylic acids is 1. The first kappa shape index (κ1) is 19.1. The minimum Gasteiger partial charge on any atom is -0.507 e. The van der Waals surface area contributed by atoms with Gasteiger partial charge in [0, 0.05) is 48.9 Å². The summed E-state index contributed by atoms with van der Waals surface area (Å²) in [4.78, 5) is 11.6. The Balaban J connectivity index is 0.00000324. The minimum absolute atomic E-state index is 0. The van der Waals surface area contributed by atoms with Crippen molar-refractivity contribution >= 4 is 54.9 Å². The predicted octanol–water partition coefficient (Wildman–Crippen LogP) is 3.53. The summed E-state index contributed by atoms with van der Waals surface area (Å²) in [6.45, 7) is 2.62. The molecule has 0 bridgehead atoms. The maximum absolute atomic E-state index is 11.6. The number of hydrogen-bond donors (Lipinski definition) is 1. The number of rotatable bonds is 8. The molecule has 0 aliphatic rings. The van der Waals surface area contributed by atoms with Crippen LogP contribution in [0.2, 0.25) is 0 Å². The number of hydrogen-bond acceptors (Lipinski definition) is 3. The van der Waals surface area contributed by atoms with Gasteiger partial charge in [0.15, 0.2) is 0 Å². The van der Waals surface area contributed by atoms with E-state index in [1.807, 2.05) is 0 Å². The van der Waals surface area contributed by atoms with Gasteiger partial charge in [-0.1, -0.05) is 51.2 Å². The Morgan fingerprint density at radius 3 is 2.42 bits per heavy atom. The molecular weight excluding hydrogens is 365 g/mol. The molecule has 0 fully saturated rings. The fourth-order valence-corrected chi connectivity index (χ4v) is 1.77. The minimum atomic E-state index is -0.443. The molecule has 102 valence electrons. The molecule has 0 aliphatic heterocycles. The maximum Gasteiger partial charge on any atom is 0.341 e. The van der Waals surface area contributed by atoms with Crippen molar-refractivity contribution in [1.82, 2.24) is 0 Å².